The summed E-state index contributed by atoms with van der Waals surface area (Å²) in [4.78, 5) is 4.30. The fraction of sp³-hybridized carbons (Fsp3) is 0.308. The van der Waals surface area contributed by atoms with Crippen LogP contribution in [-0.4, -0.2) is 41.6 Å². The zero-order chi connectivity index (χ0) is 13.0. The van der Waals surface area contributed by atoms with Gasteiger partial charge < -0.3 is 19.7 Å². The fourth-order valence-corrected chi connectivity index (χ4v) is 1.62. The molecular formula is C13H15NO4. The molecule has 2 rings (SSSR count). The molecule has 18 heavy (non-hydrogen) atoms. The Labute approximate surface area is 105 Å². The van der Waals surface area contributed by atoms with E-state index in [2.05, 4.69) is 4.98 Å². The van der Waals surface area contributed by atoms with Gasteiger partial charge in [0.2, 0.25) is 5.88 Å². The van der Waals surface area contributed by atoms with Gasteiger partial charge in [-0.3, -0.25) is 0 Å². The molecule has 0 saturated heterocycles. The number of hydrogen-bond donors (Lipinski definition) is 2. The zero-order valence-electron chi connectivity index (χ0n) is 10.0. The summed E-state index contributed by atoms with van der Waals surface area (Å²) in [6.45, 7) is -0.506. The lowest BCUT2D eigenvalue weighted by Gasteiger charge is -2.15. The molecule has 0 bridgehead atoms. The minimum atomic E-state index is -0.649. The molecule has 2 aromatic rings. The van der Waals surface area contributed by atoms with Gasteiger partial charge >= 0.3 is 0 Å². The second-order valence-corrected chi connectivity index (χ2v) is 3.79. The Kier molecular flexibility index (Phi) is 3.96. The first-order valence-electron chi connectivity index (χ1n) is 5.60. The van der Waals surface area contributed by atoms with E-state index in [1.807, 2.05) is 18.2 Å². The SMILES string of the molecule is COc1ccc2cccc(OC(CO)CO)c2n1. The standard InChI is InChI=1S/C13H15NO4/c1-17-12-6-5-9-3-2-4-11(13(9)14-12)18-10(7-15)8-16/h2-6,10,15-16H,7-8H2,1H3. The maximum atomic E-state index is 9.03. The van der Waals surface area contributed by atoms with E-state index in [0.717, 1.165) is 5.39 Å². The van der Waals surface area contributed by atoms with Crippen molar-refractivity contribution in [1.82, 2.24) is 4.98 Å². The van der Waals surface area contributed by atoms with Crippen LogP contribution in [0.5, 0.6) is 11.6 Å². The summed E-state index contributed by atoms with van der Waals surface area (Å²) in [6, 6.07) is 9.12. The summed E-state index contributed by atoms with van der Waals surface area (Å²) in [5.74, 6) is 1.00. The smallest absolute Gasteiger partial charge is 0.213 e. The Morgan fingerprint density at radius 1 is 1.17 bits per heavy atom. The monoisotopic (exact) mass is 249 g/mol. The Balaban J connectivity index is 2.42. The van der Waals surface area contributed by atoms with Crippen LogP contribution in [0.4, 0.5) is 0 Å². The number of fused-ring (bicyclic) bond motifs is 1. The number of rotatable bonds is 5. The number of nitrogens with zero attached hydrogens (tertiary/aromatic N) is 1. The third kappa shape index (κ3) is 2.52. The normalized spacial score (nSPS) is 10.9. The molecule has 5 heteroatoms. The van der Waals surface area contributed by atoms with Gasteiger partial charge in [-0.05, 0) is 12.1 Å². The Hall–Kier alpha value is -1.85. The molecule has 0 saturated carbocycles. The number of benzene rings is 1. The van der Waals surface area contributed by atoms with Gasteiger partial charge in [-0.2, -0.15) is 0 Å². The average molecular weight is 249 g/mol. The number of para-hydroxylation sites is 1. The van der Waals surface area contributed by atoms with Crippen molar-refractivity contribution in [2.75, 3.05) is 20.3 Å². The predicted octanol–water partition coefficient (Wildman–Crippen LogP) is 0.975. The van der Waals surface area contributed by atoms with E-state index < -0.39 is 6.10 Å². The molecule has 0 aliphatic carbocycles. The molecular weight excluding hydrogens is 234 g/mol. The molecule has 0 unspecified atom stereocenters. The Morgan fingerprint density at radius 2 is 1.94 bits per heavy atom. The third-order valence-corrected chi connectivity index (χ3v) is 2.57. The topological polar surface area (TPSA) is 71.8 Å². The molecule has 2 N–H and O–H groups in total. The van der Waals surface area contributed by atoms with Crippen LogP contribution in [-0.2, 0) is 0 Å². The molecule has 0 atom stereocenters. The number of aromatic nitrogens is 1. The van der Waals surface area contributed by atoms with Crippen LogP contribution in [0.25, 0.3) is 10.9 Å². The Bertz CT molecular complexity index is 525. The van der Waals surface area contributed by atoms with Gasteiger partial charge in [-0.1, -0.05) is 12.1 Å². The van der Waals surface area contributed by atoms with Crippen LogP contribution in [0, 0.1) is 0 Å². The molecule has 0 aliphatic rings. The summed E-state index contributed by atoms with van der Waals surface area (Å²) >= 11 is 0. The van der Waals surface area contributed by atoms with Crippen LogP contribution in [0.1, 0.15) is 0 Å². The first-order chi connectivity index (χ1) is 8.78. The highest BCUT2D eigenvalue weighted by Gasteiger charge is 2.11. The van der Waals surface area contributed by atoms with Crippen molar-refractivity contribution in [2.45, 2.75) is 6.10 Å². The lowest BCUT2D eigenvalue weighted by molar-refractivity contribution is 0.0639. The van der Waals surface area contributed by atoms with Crippen molar-refractivity contribution in [3.8, 4) is 11.6 Å². The molecule has 1 heterocycles. The van der Waals surface area contributed by atoms with Crippen LogP contribution < -0.4 is 9.47 Å². The van der Waals surface area contributed by atoms with E-state index in [1.54, 1.807) is 19.2 Å². The highest BCUT2D eigenvalue weighted by Crippen LogP contribution is 2.26. The van der Waals surface area contributed by atoms with Crippen molar-refractivity contribution in [3.05, 3.63) is 30.3 Å². The summed E-state index contributed by atoms with van der Waals surface area (Å²) in [5, 5.41) is 19.0. The lowest BCUT2D eigenvalue weighted by atomic mass is 10.2. The maximum absolute atomic E-state index is 9.03. The number of pyridine rings is 1. The van der Waals surface area contributed by atoms with Gasteiger partial charge in [-0.15, -0.1) is 0 Å². The van der Waals surface area contributed by atoms with Gasteiger partial charge in [0.05, 0.1) is 20.3 Å². The number of hydrogen-bond acceptors (Lipinski definition) is 5. The first kappa shape index (κ1) is 12.6. The predicted molar refractivity (Wildman–Crippen MR) is 66.9 cm³/mol. The van der Waals surface area contributed by atoms with Gasteiger partial charge in [-0.25, -0.2) is 4.98 Å². The molecule has 0 fully saturated rings. The van der Waals surface area contributed by atoms with Crippen molar-refractivity contribution in [1.29, 1.82) is 0 Å². The largest absolute Gasteiger partial charge is 0.483 e. The molecule has 96 valence electrons. The molecule has 5 nitrogen and oxygen atoms in total. The fourth-order valence-electron chi connectivity index (χ4n) is 1.62. The van der Waals surface area contributed by atoms with Gasteiger partial charge in [0, 0.05) is 11.5 Å². The number of methoxy groups -OCH3 is 1. The van der Waals surface area contributed by atoms with Crippen molar-refractivity contribution in [3.63, 3.8) is 0 Å². The molecule has 0 aliphatic heterocycles. The summed E-state index contributed by atoms with van der Waals surface area (Å²) < 4.78 is 10.6. The molecule has 0 amide bonds. The van der Waals surface area contributed by atoms with Crippen molar-refractivity contribution >= 4 is 10.9 Å². The minimum Gasteiger partial charge on any atom is -0.483 e. The van der Waals surface area contributed by atoms with E-state index >= 15 is 0 Å². The highest BCUT2D eigenvalue weighted by atomic mass is 16.5. The van der Waals surface area contributed by atoms with Gasteiger partial charge in [0.1, 0.15) is 17.4 Å². The summed E-state index contributed by atoms with van der Waals surface area (Å²) in [7, 11) is 1.54. The highest BCUT2D eigenvalue weighted by molar-refractivity contribution is 5.84. The minimum absolute atomic E-state index is 0.253. The molecule has 1 aromatic carbocycles. The maximum Gasteiger partial charge on any atom is 0.213 e. The van der Waals surface area contributed by atoms with E-state index in [-0.39, 0.29) is 13.2 Å². The number of aliphatic hydroxyl groups is 2. The van der Waals surface area contributed by atoms with Gasteiger partial charge in [0.15, 0.2) is 0 Å². The van der Waals surface area contributed by atoms with E-state index in [1.165, 1.54) is 0 Å². The van der Waals surface area contributed by atoms with Crippen molar-refractivity contribution < 1.29 is 19.7 Å². The molecule has 1 aromatic heterocycles. The van der Waals surface area contributed by atoms with Crippen molar-refractivity contribution in [2.24, 2.45) is 0 Å². The average Bonchev–Trinajstić information content (AvgIpc) is 2.44. The number of ether oxygens (including phenoxy) is 2. The van der Waals surface area contributed by atoms with Gasteiger partial charge in [0.25, 0.3) is 0 Å². The van der Waals surface area contributed by atoms with Crippen LogP contribution in [0.15, 0.2) is 30.3 Å². The zero-order valence-corrected chi connectivity index (χ0v) is 10.0. The summed E-state index contributed by atoms with van der Waals surface area (Å²) in [5.41, 5.74) is 0.642. The van der Waals surface area contributed by atoms with Crippen LogP contribution in [0.3, 0.4) is 0 Å². The second kappa shape index (κ2) is 5.66. The summed E-state index contributed by atoms with van der Waals surface area (Å²) in [6.07, 6.45) is -0.649. The molecule has 0 radical (unpaired) electrons. The van der Waals surface area contributed by atoms with E-state index in [9.17, 15) is 0 Å². The van der Waals surface area contributed by atoms with E-state index in [4.69, 9.17) is 19.7 Å². The lowest BCUT2D eigenvalue weighted by Crippen LogP contribution is -2.25. The van der Waals surface area contributed by atoms with Crippen LogP contribution in [0.2, 0.25) is 0 Å². The van der Waals surface area contributed by atoms with Crippen LogP contribution >= 0.6 is 0 Å². The Morgan fingerprint density at radius 3 is 2.61 bits per heavy atom. The molecule has 0 spiro atoms. The number of aliphatic hydroxyl groups excluding tert-OH is 2. The first-order valence-corrected chi connectivity index (χ1v) is 5.60. The quantitative estimate of drug-likeness (QED) is 0.826. The second-order valence-electron chi connectivity index (χ2n) is 3.79. The van der Waals surface area contributed by atoms with E-state index in [0.29, 0.717) is 17.1 Å². The third-order valence-electron chi connectivity index (χ3n) is 2.57.